The van der Waals surface area contributed by atoms with E-state index in [1.54, 1.807) is 4.90 Å². The van der Waals surface area contributed by atoms with E-state index in [0.29, 0.717) is 24.1 Å². The Morgan fingerprint density at radius 3 is 2.47 bits per heavy atom. The van der Waals surface area contributed by atoms with Gasteiger partial charge in [-0.15, -0.1) is 0 Å². The van der Waals surface area contributed by atoms with Gasteiger partial charge in [-0.3, -0.25) is 19.7 Å². The maximum atomic E-state index is 13.0. The number of benzene rings is 1. The Morgan fingerprint density at radius 2 is 1.75 bits per heavy atom. The highest BCUT2D eigenvalue weighted by molar-refractivity contribution is 6.05. The first-order valence-corrected chi connectivity index (χ1v) is 14.0. The molecule has 6 aliphatic rings. The number of piperidine rings is 1. The van der Waals surface area contributed by atoms with Gasteiger partial charge in [0.15, 0.2) is 0 Å². The van der Waals surface area contributed by atoms with E-state index in [0.717, 1.165) is 48.3 Å². The molecule has 2 heterocycles. The second kappa shape index (κ2) is 9.67. The van der Waals surface area contributed by atoms with Gasteiger partial charge in [-0.05, 0) is 99.8 Å². The summed E-state index contributed by atoms with van der Waals surface area (Å²) in [5.74, 6) is 8.79. The van der Waals surface area contributed by atoms with E-state index in [-0.39, 0.29) is 24.1 Å². The molecule has 1 atom stereocenters. The summed E-state index contributed by atoms with van der Waals surface area (Å²) in [5, 5.41) is 6.35. The van der Waals surface area contributed by atoms with E-state index in [1.807, 2.05) is 18.2 Å². The Balaban J connectivity index is 0.972. The fourth-order valence-electron chi connectivity index (χ4n) is 8.06. The van der Waals surface area contributed by atoms with E-state index in [2.05, 4.69) is 22.5 Å². The van der Waals surface area contributed by atoms with Crippen molar-refractivity contribution in [3.63, 3.8) is 0 Å². The van der Waals surface area contributed by atoms with Crippen molar-refractivity contribution in [3.8, 4) is 11.8 Å². The summed E-state index contributed by atoms with van der Waals surface area (Å²) in [6, 6.07) is 5.05. The Bertz CT molecular complexity index is 1090. The summed E-state index contributed by atoms with van der Waals surface area (Å²) < 4.78 is 0. The molecule has 1 unspecified atom stereocenters. The van der Waals surface area contributed by atoms with Crippen LogP contribution < -0.4 is 10.6 Å². The van der Waals surface area contributed by atoms with E-state index >= 15 is 0 Å². The van der Waals surface area contributed by atoms with Crippen LogP contribution >= 0.6 is 0 Å². The molecule has 2 N–H and O–H groups in total. The SMILES string of the molecule is O=C1CCC(N2Cc3c(C#CCCCCCNC45CC6CC(CC(C6)C4)C5)cccc3C2=O)C(=O)N1. The van der Waals surface area contributed by atoms with E-state index in [4.69, 9.17) is 0 Å². The third-order valence-electron chi connectivity index (χ3n) is 9.32. The lowest BCUT2D eigenvalue weighted by atomic mass is 9.53. The third kappa shape index (κ3) is 4.59. The number of nitrogens with one attached hydrogen (secondary N) is 2. The summed E-state index contributed by atoms with van der Waals surface area (Å²) in [6.07, 6.45) is 13.7. The first-order chi connectivity index (χ1) is 17.5. The smallest absolute Gasteiger partial charge is 0.255 e. The van der Waals surface area contributed by atoms with Crippen LogP contribution in [-0.4, -0.2) is 40.7 Å². The number of rotatable bonds is 7. The average Bonchev–Trinajstić information content (AvgIpc) is 3.17. The summed E-state index contributed by atoms with van der Waals surface area (Å²) in [6.45, 7) is 1.51. The standard InChI is InChI=1S/C30H37N3O3/c34-27-11-10-26(28(35)32-27)33-19-25-23(8-6-9-24(25)29(33)36)7-4-2-1-3-5-12-31-30-16-20-13-21(17-30)15-22(14-20)18-30/h6,8-9,20-22,26,31H,1-3,5,10-19H2,(H,32,34,35). The van der Waals surface area contributed by atoms with Crippen LogP contribution in [0.25, 0.3) is 0 Å². The zero-order valence-electron chi connectivity index (χ0n) is 21.1. The minimum absolute atomic E-state index is 0.144. The molecule has 0 radical (unpaired) electrons. The van der Waals surface area contributed by atoms with Crippen LogP contribution in [0.3, 0.4) is 0 Å². The molecule has 1 saturated heterocycles. The monoisotopic (exact) mass is 487 g/mol. The van der Waals surface area contributed by atoms with Crippen LogP contribution in [0.15, 0.2) is 18.2 Å². The highest BCUT2D eigenvalue weighted by Crippen LogP contribution is 2.55. The van der Waals surface area contributed by atoms with Gasteiger partial charge in [0.1, 0.15) is 6.04 Å². The summed E-state index contributed by atoms with van der Waals surface area (Å²) in [4.78, 5) is 38.3. The molecular weight excluding hydrogens is 450 g/mol. The predicted molar refractivity (Wildman–Crippen MR) is 137 cm³/mol. The van der Waals surface area contributed by atoms with E-state index in [9.17, 15) is 14.4 Å². The van der Waals surface area contributed by atoms with Crippen molar-refractivity contribution in [1.82, 2.24) is 15.5 Å². The molecule has 6 heteroatoms. The third-order valence-corrected chi connectivity index (χ3v) is 9.32. The van der Waals surface area contributed by atoms with Gasteiger partial charge in [-0.1, -0.05) is 24.3 Å². The average molecular weight is 488 g/mol. The maximum Gasteiger partial charge on any atom is 0.255 e. The molecule has 36 heavy (non-hydrogen) atoms. The number of fused-ring (bicyclic) bond motifs is 1. The lowest BCUT2D eigenvalue weighted by Gasteiger charge is -2.57. The van der Waals surface area contributed by atoms with Crippen LogP contribution in [0.4, 0.5) is 0 Å². The normalized spacial score (nSPS) is 32.3. The van der Waals surface area contributed by atoms with Gasteiger partial charge in [0.2, 0.25) is 11.8 Å². The second-order valence-electron chi connectivity index (χ2n) is 12.0. The molecule has 1 aromatic carbocycles. The van der Waals surface area contributed by atoms with Gasteiger partial charge in [0.05, 0.1) is 0 Å². The largest absolute Gasteiger partial charge is 0.322 e. The number of unbranched alkanes of at least 4 members (excludes halogenated alkanes) is 3. The Morgan fingerprint density at radius 1 is 1.00 bits per heavy atom. The summed E-state index contributed by atoms with van der Waals surface area (Å²) in [5.41, 5.74) is 2.86. The molecule has 2 aliphatic heterocycles. The number of nitrogens with zero attached hydrogens (tertiary/aromatic N) is 1. The molecular formula is C30H37N3O3. The van der Waals surface area contributed by atoms with Crippen LogP contribution in [0, 0.1) is 29.6 Å². The van der Waals surface area contributed by atoms with Gasteiger partial charge >= 0.3 is 0 Å². The highest BCUT2D eigenvalue weighted by Gasteiger charge is 2.50. The van der Waals surface area contributed by atoms with Crippen LogP contribution in [0.1, 0.15) is 98.5 Å². The van der Waals surface area contributed by atoms with Crippen molar-refractivity contribution in [2.45, 2.75) is 95.2 Å². The minimum atomic E-state index is -0.588. The minimum Gasteiger partial charge on any atom is -0.322 e. The van der Waals surface area contributed by atoms with Gasteiger partial charge in [-0.25, -0.2) is 0 Å². The summed E-state index contributed by atoms with van der Waals surface area (Å²) in [7, 11) is 0. The molecule has 7 rings (SSSR count). The van der Waals surface area contributed by atoms with Gasteiger partial charge in [0.25, 0.3) is 5.91 Å². The molecule has 0 aromatic heterocycles. The van der Waals surface area contributed by atoms with Crippen molar-refractivity contribution < 1.29 is 14.4 Å². The van der Waals surface area contributed by atoms with Crippen molar-refractivity contribution >= 4 is 17.7 Å². The van der Waals surface area contributed by atoms with Gasteiger partial charge in [0, 0.05) is 36.1 Å². The molecule has 4 aliphatic carbocycles. The predicted octanol–water partition coefficient (Wildman–Crippen LogP) is 3.92. The zero-order valence-corrected chi connectivity index (χ0v) is 21.1. The maximum absolute atomic E-state index is 13.0. The fourth-order valence-corrected chi connectivity index (χ4v) is 8.06. The molecule has 190 valence electrons. The zero-order chi connectivity index (χ0) is 24.7. The topological polar surface area (TPSA) is 78.5 Å². The number of imide groups is 1. The fraction of sp³-hybridized carbons (Fsp3) is 0.633. The van der Waals surface area contributed by atoms with Gasteiger partial charge in [-0.2, -0.15) is 0 Å². The van der Waals surface area contributed by atoms with E-state index < -0.39 is 6.04 Å². The Labute approximate surface area is 214 Å². The van der Waals surface area contributed by atoms with Crippen molar-refractivity contribution in [2.24, 2.45) is 17.8 Å². The van der Waals surface area contributed by atoms with Crippen molar-refractivity contribution in [1.29, 1.82) is 0 Å². The van der Waals surface area contributed by atoms with Crippen molar-refractivity contribution in [3.05, 3.63) is 34.9 Å². The Hall–Kier alpha value is -2.65. The first kappa shape index (κ1) is 23.7. The number of hydrogen-bond acceptors (Lipinski definition) is 4. The lowest BCUT2D eigenvalue weighted by molar-refractivity contribution is -0.136. The number of carbonyl (C=O) groups excluding carboxylic acids is 3. The molecule has 4 saturated carbocycles. The van der Waals surface area contributed by atoms with Crippen LogP contribution in [0.5, 0.6) is 0 Å². The molecule has 3 amide bonds. The molecule has 0 spiro atoms. The van der Waals surface area contributed by atoms with Crippen LogP contribution in [0.2, 0.25) is 0 Å². The first-order valence-electron chi connectivity index (χ1n) is 14.0. The number of amides is 3. The number of carbonyl (C=O) groups is 3. The number of hydrogen-bond donors (Lipinski definition) is 2. The molecule has 5 fully saturated rings. The Kier molecular flexibility index (Phi) is 6.37. The lowest BCUT2D eigenvalue weighted by Crippen LogP contribution is -2.58. The van der Waals surface area contributed by atoms with Crippen LogP contribution in [-0.2, 0) is 16.1 Å². The molecule has 4 bridgehead atoms. The van der Waals surface area contributed by atoms with E-state index in [1.165, 1.54) is 51.4 Å². The molecule has 6 nitrogen and oxygen atoms in total. The second-order valence-corrected chi connectivity index (χ2v) is 12.0. The van der Waals surface area contributed by atoms with Crippen molar-refractivity contribution in [2.75, 3.05) is 6.54 Å². The quantitative estimate of drug-likeness (QED) is 0.347. The highest BCUT2D eigenvalue weighted by atomic mass is 16.2. The molecule has 1 aromatic rings. The van der Waals surface area contributed by atoms with Gasteiger partial charge < -0.3 is 10.2 Å². The summed E-state index contributed by atoms with van der Waals surface area (Å²) >= 11 is 0.